The van der Waals surface area contributed by atoms with Gasteiger partial charge in [0.1, 0.15) is 5.75 Å². The SMILES string of the molecule is COCCC1(CNCc2cccc(OC(F)(F)F)c2)CC1. The van der Waals surface area contributed by atoms with Crippen LogP contribution < -0.4 is 10.1 Å². The lowest BCUT2D eigenvalue weighted by Crippen LogP contribution is -2.24. The van der Waals surface area contributed by atoms with Gasteiger partial charge in [-0.2, -0.15) is 0 Å². The zero-order valence-corrected chi connectivity index (χ0v) is 12.0. The van der Waals surface area contributed by atoms with Gasteiger partial charge in [-0.3, -0.25) is 0 Å². The molecule has 0 saturated heterocycles. The molecule has 0 bridgehead atoms. The van der Waals surface area contributed by atoms with E-state index in [4.69, 9.17) is 4.74 Å². The third-order valence-corrected chi connectivity index (χ3v) is 3.75. The lowest BCUT2D eigenvalue weighted by atomic mass is 10.0. The summed E-state index contributed by atoms with van der Waals surface area (Å²) in [5.41, 5.74) is 1.09. The van der Waals surface area contributed by atoms with Gasteiger partial charge >= 0.3 is 6.36 Å². The largest absolute Gasteiger partial charge is 0.573 e. The summed E-state index contributed by atoms with van der Waals surface area (Å²) in [5.74, 6) is -0.178. The Bertz CT molecular complexity index is 458. The van der Waals surface area contributed by atoms with Gasteiger partial charge in [0.2, 0.25) is 0 Å². The molecule has 3 nitrogen and oxygen atoms in total. The quantitative estimate of drug-likeness (QED) is 0.797. The molecule has 0 spiro atoms. The van der Waals surface area contributed by atoms with Crippen LogP contribution in [0, 0.1) is 5.41 Å². The van der Waals surface area contributed by atoms with Crippen LogP contribution in [0.2, 0.25) is 0 Å². The lowest BCUT2D eigenvalue weighted by molar-refractivity contribution is -0.274. The molecular formula is C15H20F3NO2. The van der Waals surface area contributed by atoms with E-state index in [0.717, 1.165) is 25.1 Å². The Morgan fingerprint density at radius 2 is 2.05 bits per heavy atom. The monoisotopic (exact) mass is 303 g/mol. The van der Waals surface area contributed by atoms with Crippen molar-refractivity contribution in [2.45, 2.75) is 32.2 Å². The molecule has 1 saturated carbocycles. The van der Waals surface area contributed by atoms with E-state index in [9.17, 15) is 13.2 Å². The van der Waals surface area contributed by atoms with Gasteiger partial charge in [0.05, 0.1) is 0 Å². The second kappa shape index (κ2) is 6.66. The summed E-state index contributed by atoms with van der Waals surface area (Å²) >= 11 is 0. The van der Waals surface area contributed by atoms with E-state index in [1.807, 2.05) is 0 Å². The van der Waals surface area contributed by atoms with Crippen molar-refractivity contribution in [2.24, 2.45) is 5.41 Å². The van der Waals surface area contributed by atoms with Crippen LogP contribution in [0.3, 0.4) is 0 Å². The predicted molar refractivity (Wildman–Crippen MR) is 73.0 cm³/mol. The van der Waals surface area contributed by atoms with Gasteiger partial charge in [-0.25, -0.2) is 0 Å². The molecule has 6 heteroatoms. The molecular weight excluding hydrogens is 283 g/mol. The van der Waals surface area contributed by atoms with Gasteiger partial charge in [-0.15, -0.1) is 13.2 Å². The summed E-state index contributed by atoms with van der Waals surface area (Å²) < 4.78 is 45.5. The molecule has 1 fully saturated rings. The van der Waals surface area contributed by atoms with Gasteiger partial charge in [0.25, 0.3) is 0 Å². The average Bonchev–Trinajstić information content (AvgIpc) is 3.15. The van der Waals surface area contributed by atoms with Gasteiger partial charge < -0.3 is 14.8 Å². The van der Waals surface area contributed by atoms with Crippen molar-refractivity contribution >= 4 is 0 Å². The van der Waals surface area contributed by atoms with Crippen LogP contribution in [-0.2, 0) is 11.3 Å². The first kappa shape index (κ1) is 16.1. The molecule has 0 atom stereocenters. The normalized spacial score (nSPS) is 16.8. The van der Waals surface area contributed by atoms with E-state index in [-0.39, 0.29) is 5.75 Å². The molecule has 1 N–H and O–H groups in total. The van der Waals surface area contributed by atoms with Gasteiger partial charge in [-0.1, -0.05) is 12.1 Å². The van der Waals surface area contributed by atoms with Crippen LogP contribution in [0.1, 0.15) is 24.8 Å². The first-order chi connectivity index (χ1) is 9.92. The molecule has 1 aliphatic rings. The van der Waals surface area contributed by atoms with Crippen molar-refractivity contribution in [3.63, 3.8) is 0 Å². The molecule has 0 aliphatic heterocycles. The summed E-state index contributed by atoms with van der Waals surface area (Å²) in [6, 6.07) is 6.06. The third kappa shape index (κ3) is 5.55. The summed E-state index contributed by atoms with van der Waals surface area (Å²) in [7, 11) is 1.69. The van der Waals surface area contributed by atoms with E-state index < -0.39 is 6.36 Å². The summed E-state index contributed by atoms with van der Waals surface area (Å²) in [6.45, 7) is 2.14. The molecule has 118 valence electrons. The maximum absolute atomic E-state index is 12.2. The van der Waals surface area contributed by atoms with E-state index >= 15 is 0 Å². The predicted octanol–water partition coefficient (Wildman–Crippen LogP) is 3.49. The van der Waals surface area contributed by atoms with Crippen LogP contribution in [0.25, 0.3) is 0 Å². The molecule has 21 heavy (non-hydrogen) atoms. The smallest absolute Gasteiger partial charge is 0.406 e. The summed E-state index contributed by atoms with van der Waals surface area (Å²) in [6.07, 6.45) is -1.26. The number of benzene rings is 1. The molecule has 0 heterocycles. The Balaban J connectivity index is 1.79. The van der Waals surface area contributed by atoms with E-state index in [0.29, 0.717) is 12.0 Å². The van der Waals surface area contributed by atoms with Crippen molar-refractivity contribution in [3.05, 3.63) is 29.8 Å². The summed E-state index contributed by atoms with van der Waals surface area (Å²) in [5, 5.41) is 3.31. The minimum atomic E-state index is -4.65. The number of rotatable bonds is 8. The van der Waals surface area contributed by atoms with Crippen molar-refractivity contribution in [3.8, 4) is 5.75 Å². The second-order valence-electron chi connectivity index (χ2n) is 5.54. The third-order valence-electron chi connectivity index (χ3n) is 3.75. The van der Waals surface area contributed by atoms with Crippen molar-refractivity contribution in [1.82, 2.24) is 5.32 Å². The van der Waals surface area contributed by atoms with E-state index in [1.165, 1.54) is 25.0 Å². The van der Waals surface area contributed by atoms with Gasteiger partial charge in [0.15, 0.2) is 0 Å². The van der Waals surface area contributed by atoms with Crippen molar-refractivity contribution in [1.29, 1.82) is 0 Å². The summed E-state index contributed by atoms with van der Waals surface area (Å²) in [4.78, 5) is 0. The van der Waals surface area contributed by atoms with Gasteiger partial charge in [0, 0.05) is 26.8 Å². The Labute approximate surface area is 122 Å². The molecule has 0 aromatic heterocycles. The number of hydrogen-bond acceptors (Lipinski definition) is 3. The highest BCUT2D eigenvalue weighted by molar-refractivity contribution is 5.28. The minimum Gasteiger partial charge on any atom is -0.406 e. The Kier molecular flexibility index (Phi) is 5.11. The molecule has 1 aromatic carbocycles. The van der Waals surface area contributed by atoms with Crippen molar-refractivity contribution in [2.75, 3.05) is 20.3 Å². The standard InChI is InChI=1S/C15H20F3NO2/c1-20-8-7-14(5-6-14)11-19-10-12-3-2-4-13(9-12)21-15(16,17)18/h2-4,9,19H,5-8,10-11H2,1H3. The zero-order chi connectivity index (χ0) is 15.3. The fourth-order valence-electron chi connectivity index (χ4n) is 2.34. The zero-order valence-electron chi connectivity index (χ0n) is 12.0. The molecule has 2 rings (SSSR count). The van der Waals surface area contributed by atoms with Crippen molar-refractivity contribution < 1.29 is 22.6 Å². The molecule has 0 amide bonds. The van der Waals surface area contributed by atoms with Crippen LogP contribution in [0.5, 0.6) is 5.75 Å². The topological polar surface area (TPSA) is 30.5 Å². The number of methoxy groups -OCH3 is 1. The molecule has 0 radical (unpaired) electrons. The minimum absolute atomic E-state index is 0.178. The van der Waals surface area contributed by atoms with Crippen LogP contribution in [0.15, 0.2) is 24.3 Å². The van der Waals surface area contributed by atoms with Crippen LogP contribution in [0.4, 0.5) is 13.2 Å². The number of hydrogen-bond donors (Lipinski definition) is 1. The fourth-order valence-corrected chi connectivity index (χ4v) is 2.34. The molecule has 1 aromatic rings. The maximum atomic E-state index is 12.2. The highest BCUT2D eigenvalue weighted by Crippen LogP contribution is 2.48. The number of alkyl halides is 3. The first-order valence-corrected chi connectivity index (χ1v) is 6.97. The maximum Gasteiger partial charge on any atom is 0.573 e. The number of halogens is 3. The first-order valence-electron chi connectivity index (χ1n) is 6.97. The van der Waals surface area contributed by atoms with Crippen LogP contribution in [-0.4, -0.2) is 26.6 Å². The van der Waals surface area contributed by atoms with E-state index in [1.54, 1.807) is 19.2 Å². The van der Waals surface area contributed by atoms with E-state index in [2.05, 4.69) is 10.1 Å². The number of nitrogens with one attached hydrogen (secondary N) is 1. The molecule has 1 aliphatic carbocycles. The Morgan fingerprint density at radius 1 is 1.29 bits per heavy atom. The average molecular weight is 303 g/mol. The lowest BCUT2D eigenvalue weighted by Gasteiger charge is -2.16. The molecule has 0 unspecified atom stereocenters. The van der Waals surface area contributed by atoms with Gasteiger partial charge in [-0.05, 0) is 42.4 Å². The second-order valence-corrected chi connectivity index (χ2v) is 5.54. The van der Waals surface area contributed by atoms with Crippen LogP contribution >= 0.6 is 0 Å². The number of ether oxygens (including phenoxy) is 2. The highest BCUT2D eigenvalue weighted by Gasteiger charge is 2.41. The highest BCUT2D eigenvalue weighted by atomic mass is 19.4. The Hall–Kier alpha value is -1.27. The fraction of sp³-hybridized carbons (Fsp3) is 0.600. The Morgan fingerprint density at radius 3 is 2.67 bits per heavy atom.